The van der Waals surface area contributed by atoms with Crippen LogP contribution >= 0.6 is 0 Å². The fourth-order valence-electron chi connectivity index (χ4n) is 12.0. The van der Waals surface area contributed by atoms with Crippen LogP contribution in [0.15, 0.2) is 236 Å². The zero-order valence-corrected chi connectivity index (χ0v) is 37.2. The molecule has 1 heterocycles. The van der Waals surface area contributed by atoms with Gasteiger partial charge in [0.25, 0.3) is 0 Å². The van der Waals surface area contributed by atoms with E-state index in [1.165, 1.54) is 94.3 Å². The van der Waals surface area contributed by atoms with E-state index in [0.29, 0.717) is 0 Å². The Bertz CT molecular complexity index is 3540. The van der Waals surface area contributed by atoms with Crippen LogP contribution in [0.4, 0.5) is 17.1 Å². The van der Waals surface area contributed by atoms with Gasteiger partial charge < -0.3 is 9.47 Å². The van der Waals surface area contributed by atoms with E-state index >= 15 is 0 Å². The summed E-state index contributed by atoms with van der Waals surface area (Å²) >= 11 is 0. The Morgan fingerprint density at radius 3 is 1.73 bits per heavy atom. The van der Waals surface area contributed by atoms with Gasteiger partial charge in [0.2, 0.25) is 0 Å². The van der Waals surface area contributed by atoms with Gasteiger partial charge in [-0.15, -0.1) is 0 Å². The van der Waals surface area contributed by atoms with Crippen molar-refractivity contribution < 1.29 is 0 Å². The van der Waals surface area contributed by atoms with Gasteiger partial charge in [-0.3, -0.25) is 0 Å². The second-order valence-electron chi connectivity index (χ2n) is 18.7. The van der Waals surface area contributed by atoms with Gasteiger partial charge >= 0.3 is 0 Å². The van der Waals surface area contributed by atoms with Gasteiger partial charge in [0.15, 0.2) is 0 Å². The average molecular weight is 845 g/mol. The summed E-state index contributed by atoms with van der Waals surface area (Å²) in [6, 6.07) is 81.4. The van der Waals surface area contributed by atoms with Gasteiger partial charge in [-0.25, -0.2) is 0 Å². The number of aromatic nitrogens is 1. The predicted molar refractivity (Wildman–Crippen MR) is 277 cm³/mol. The molecule has 3 aliphatic rings. The summed E-state index contributed by atoms with van der Waals surface area (Å²) in [6.07, 6.45) is 6.91. The quantitative estimate of drug-likeness (QED) is 0.155. The highest BCUT2D eigenvalue weighted by Crippen LogP contribution is 2.57. The first kappa shape index (κ1) is 38.5. The molecule has 0 spiro atoms. The molecule has 0 radical (unpaired) electrons. The normalized spacial score (nSPS) is 15.1. The molecular weight excluding hydrogens is 797 g/mol. The third-order valence-electron chi connectivity index (χ3n) is 14.9. The molecule has 0 bridgehead atoms. The summed E-state index contributed by atoms with van der Waals surface area (Å²) in [5.41, 5.74) is 22.5. The number of fused-ring (bicyclic) bond motifs is 8. The molecule has 66 heavy (non-hydrogen) atoms. The van der Waals surface area contributed by atoms with Crippen LogP contribution in [0.1, 0.15) is 60.1 Å². The van der Waals surface area contributed by atoms with Gasteiger partial charge in [-0.05, 0) is 152 Å². The van der Waals surface area contributed by atoms with E-state index in [9.17, 15) is 0 Å². The molecule has 0 unspecified atom stereocenters. The number of rotatable bonds is 7. The van der Waals surface area contributed by atoms with Crippen LogP contribution in [-0.2, 0) is 10.8 Å². The van der Waals surface area contributed by atoms with Gasteiger partial charge in [-0.1, -0.05) is 172 Å². The Labute approximate surface area is 387 Å². The molecular formula is C64H48N2. The third-order valence-corrected chi connectivity index (χ3v) is 14.9. The lowest BCUT2D eigenvalue weighted by atomic mass is 9.67. The van der Waals surface area contributed by atoms with Crippen LogP contribution in [0.2, 0.25) is 0 Å². The predicted octanol–water partition coefficient (Wildman–Crippen LogP) is 16.7. The first-order chi connectivity index (χ1) is 32.5. The van der Waals surface area contributed by atoms with E-state index in [1.807, 2.05) is 0 Å². The van der Waals surface area contributed by atoms with Crippen molar-refractivity contribution in [1.82, 2.24) is 4.57 Å². The van der Waals surface area contributed by atoms with Crippen molar-refractivity contribution in [2.75, 3.05) is 4.90 Å². The summed E-state index contributed by atoms with van der Waals surface area (Å²) in [6.45, 7) is 4.75. The molecule has 0 amide bonds. The standard InChI is InChI=1S/C64H48N2/c1-63(2)57-27-15-12-26-53(57)54-42-50(36-37-58(54)63)65(47-20-8-4-9-21-47)49-34-30-43(31-35-49)44-32-38-61-55(40-44)56-41-46(33-39-62(56)66(61)48-22-10-5-11-23-48)64(45-18-6-3-7-19-45)59-28-16-13-24-51(59)52-25-14-17-29-60(52)64/h3-11,13-25,27-42H,12,26H2,1-2H3. The molecule has 13 rings (SSSR count). The molecule has 0 aliphatic heterocycles. The lowest BCUT2D eigenvalue weighted by molar-refractivity contribution is 0.651. The van der Waals surface area contributed by atoms with E-state index in [0.717, 1.165) is 29.9 Å². The minimum absolute atomic E-state index is 0.00603. The molecule has 0 atom stereocenters. The van der Waals surface area contributed by atoms with E-state index in [1.54, 1.807) is 0 Å². The number of hydrogen-bond acceptors (Lipinski definition) is 1. The molecule has 0 N–H and O–H groups in total. The molecule has 10 aromatic rings. The minimum Gasteiger partial charge on any atom is -0.310 e. The highest BCUT2D eigenvalue weighted by atomic mass is 15.1. The Morgan fingerprint density at radius 2 is 1.02 bits per heavy atom. The van der Waals surface area contributed by atoms with Crippen molar-refractivity contribution in [3.8, 4) is 27.9 Å². The molecule has 314 valence electrons. The number of anilines is 3. The maximum atomic E-state index is 2.49. The summed E-state index contributed by atoms with van der Waals surface area (Å²) in [5.74, 6) is 0. The minimum atomic E-state index is -0.483. The maximum absolute atomic E-state index is 2.49. The van der Waals surface area contributed by atoms with Gasteiger partial charge in [0.05, 0.1) is 16.4 Å². The van der Waals surface area contributed by atoms with Crippen LogP contribution in [0, 0.1) is 0 Å². The Balaban J connectivity index is 0.967. The zero-order chi connectivity index (χ0) is 44.0. The Hall–Kier alpha value is -7.94. The number of benzene rings is 9. The van der Waals surface area contributed by atoms with Crippen LogP contribution < -0.4 is 4.90 Å². The monoisotopic (exact) mass is 844 g/mol. The summed E-state index contributed by atoms with van der Waals surface area (Å²) in [4.78, 5) is 2.41. The fourth-order valence-corrected chi connectivity index (χ4v) is 12.0. The third kappa shape index (κ3) is 5.61. The Morgan fingerprint density at radius 1 is 0.439 bits per heavy atom. The molecule has 9 aromatic carbocycles. The van der Waals surface area contributed by atoms with E-state index in [2.05, 4.69) is 254 Å². The first-order valence-electron chi connectivity index (χ1n) is 23.4. The lowest BCUT2D eigenvalue weighted by Crippen LogP contribution is -2.28. The van der Waals surface area contributed by atoms with E-state index < -0.39 is 5.41 Å². The zero-order valence-electron chi connectivity index (χ0n) is 37.2. The van der Waals surface area contributed by atoms with Crippen LogP contribution in [-0.4, -0.2) is 4.57 Å². The summed E-state index contributed by atoms with van der Waals surface area (Å²) in [5, 5.41) is 2.47. The van der Waals surface area contributed by atoms with Gasteiger partial charge in [-0.2, -0.15) is 0 Å². The van der Waals surface area contributed by atoms with Crippen molar-refractivity contribution in [3.05, 3.63) is 269 Å². The second kappa shape index (κ2) is 14.8. The SMILES string of the molecule is CC1(C)C2=C(CCC=C2)c2cc(N(c3ccccc3)c3ccc(-c4ccc5c(c4)c4cc(C6(c7ccccc7)c7ccccc7-c7ccccc76)ccc4n5-c4ccccc4)cc3)ccc21. The van der Waals surface area contributed by atoms with Crippen molar-refractivity contribution in [3.63, 3.8) is 0 Å². The van der Waals surface area contributed by atoms with Crippen molar-refractivity contribution in [2.45, 2.75) is 37.5 Å². The van der Waals surface area contributed by atoms with Crippen molar-refractivity contribution in [2.24, 2.45) is 0 Å². The fraction of sp³-hybridized carbons (Fsp3) is 0.0938. The smallest absolute Gasteiger partial charge is 0.0713 e. The van der Waals surface area contributed by atoms with Crippen molar-refractivity contribution >= 4 is 44.4 Å². The topological polar surface area (TPSA) is 8.17 Å². The first-order valence-corrected chi connectivity index (χ1v) is 23.4. The number of allylic oxidation sites excluding steroid dienone is 4. The highest BCUT2D eigenvalue weighted by Gasteiger charge is 2.46. The second-order valence-corrected chi connectivity index (χ2v) is 18.7. The number of hydrogen-bond donors (Lipinski definition) is 0. The summed E-state index contributed by atoms with van der Waals surface area (Å²) < 4.78 is 2.44. The van der Waals surface area contributed by atoms with Crippen LogP contribution in [0.3, 0.4) is 0 Å². The molecule has 2 nitrogen and oxygen atoms in total. The molecule has 0 fully saturated rings. The summed E-state index contributed by atoms with van der Waals surface area (Å²) in [7, 11) is 0. The number of para-hydroxylation sites is 2. The molecule has 0 saturated heterocycles. The van der Waals surface area contributed by atoms with Crippen LogP contribution in [0.25, 0.3) is 55.3 Å². The van der Waals surface area contributed by atoms with Crippen LogP contribution in [0.5, 0.6) is 0 Å². The number of nitrogens with zero attached hydrogens (tertiary/aromatic N) is 2. The van der Waals surface area contributed by atoms with Gasteiger partial charge in [0, 0.05) is 38.9 Å². The molecule has 2 heteroatoms. The highest BCUT2D eigenvalue weighted by molar-refractivity contribution is 6.11. The Kier molecular flexibility index (Phi) is 8.64. The lowest BCUT2D eigenvalue weighted by Gasteiger charge is -2.34. The molecule has 0 saturated carbocycles. The van der Waals surface area contributed by atoms with E-state index in [-0.39, 0.29) is 5.41 Å². The van der Waals surface area contributed by atoms with E-state index in [4.69, 9.17) is 0 Å². The molecule has 3 aliphatic carbocycles. The largest absolute Gasteiger partial charge is 0.310 e. The average Bonchev–Trinajstić information content (AvgIpc) is 3.95. The van der Waals surface area contributed by atoms with Gasteiger partial charge in [0.1, 0.15) is 0 Å². The maximum Gasteiger partial charge on any atom is 0.0713 e. The van der Waals surface area contributed by atoms with Crippen molar-refractivity contribution in [1.29, 1.82) is 0 Å². The molecule has 1 aromatic heterocycles.